The third-order valence-corrected chi connectivity index (χ3v) is 5.04. The molecule has 4 rings (SSSR count). The first-order valence-electron chi connectivity index (χ1n) is 9.30. The molecule has 26 heavy (non-hydrogen) atoms. The number of hydrogen-bond donors (Lipinski definition) is 1. The van der Waals surface area contributed by atoms with E-state index >= 15 is 0 Å². The fourth-order valence-electron chi connectivity index (χ4n) is 3.66. The lowest BCUT2D eigenvalue weighted by Gasteiger charge is -2.38. The van der Waals surface area contributed by atoms with E-state index in [0.29, 0.717) is 19.2 Å². The molecule has 0 radical (unpaired) electrons. The Morgan fingerprint density at radius 1 is 1.08 bits per heavy atom. The Balaban J connectivity index is 1.43. The van der Waals surface area contributed by atoms with Crippen LogP contribution >= 0.6 is 0 Å². The van der Waals surface area contributed by atoms with E-state index in [4.69, 9.17) is 14.5 Å². The molecule has 0 bridgehead atoms. The van der Waals surface area contributed by atoms with Crippen LogP contribution in [-0.4, -0.2) is 42.1 Å². The van der Waals surface area contributed by atoms with Crippen LogP contribution in [0.5, 0.6) is 0 Å². The van der Waals surface area contributed by atoms with Gasteiger partial charge in [0.05, 0.1) is 13.2 Å². The third kappa shape index (κ3) is 3.81. The van der Waals surface area contributed by atoms with Crippen molar-refractivity contribution in [1.29, 1.82) is 0 Å². The van der Waals surface area contributed by atoms with Crippen LogP contribution in [0.2, 0.25) is 0 Å². The van der Waals surface area contributed by atoms with Gasteiger partial charge in [0.2, 0.25) is 5.95 Å². The van der Waals surface area contributed by atoms with E-state index in [1.54, 1.807) is 0 Å². The molecule has 1 aromatic carbocycles. The summed E-state index contributed by atoms with van der Waals surface area (Å²) >= 11 is 0. The van der Waals surface area contributed by atoms with Gasteiger partial charge in [-0.05, 0) is 19.4 Å². The monoisotopic (exact) mass is 354 g/mol. The van der Waals surface area contributed by atoms with E-state index in [1.165, 1.54) is 11.1 Å². The highest BCUT2D eigenvalue weighted by atomic mass is 16.7. The van der Waals surface area contributed by atoms with Crippen LogP contribution in [0.1, 0.15) is 29.7 Å². The number of rotatable bonds is 4. The molecule has 2 aromatic rings. The first-order chi connectivity index (χ1) is 12.6. The van der Waals surface area contributed by atoms with Crippen LogP contribution in [0.15, 0.2) is 30.3 Å². The van der Waals surface area contributed by atoms with Crippen LogP contribution < -0.4 is 10.2 Å². The maximum Gasteiger partial charge on any atom is 0.225 e. The van der Waals surface area contributed by atoms with Crippen LogP contribution in [-0.2, 0) is 16.0 Å². The molecule has 1 aromatic heterocycles. The maximum absolute atomic E-state index is 5.82. The van der Waals surface area contributed by atoms with Gasteiger partial charge in [0.1, 0.15) is 5.82 Å². The number of hydrogen-bond acceptors (Lipinski definition) is 6. The van der Waals surface area contributed by atoms with Crippen LogP contribution in [0, 0.1) is 13.8 Å². The topological polar surface area (TPSA) is 59.5 Å². The second-order valence-corrected chi connectivity index (χ2v) is 7.13. The Bertz CT molecular complexity index is 764. The first kappa shape index (κ1) is 17.2. The van der Waals surface area contributed by atoms with E-state index in [0.717, 1.165) is 44.0 Å². The number of aryl methyl sites for hydroxylation is 2. The van der Waals surface area contributed by atoms with Gasteiger partial charge in [-0.2, -0.15) is 4.98 Å². The summed E-state index contributed by atoms with van der Waals surface area (Å²) in [6.07, 6.45) is 1.75. The van der Waals surface area contributed by atoms with E-state index < -0.39 is 0 Å². The fourth-order valence-corrected chi connectivity index (χ4v) is 3.66. The number of nitrogens with zero attached hydrogens (tertiary/aromatic N) is 3. The highest BCUT2D eigenvalue weighted by Gasteiger charge is 2.40. The summed E-state index contributed by atoms with van der Waals surface area (Å²) in [7, 11) is 0. The molecule has 6 heteroatoms. The summed E-state index contributed by atoms with van der Waals surface area (Å²) in [5.41, 5.74) is 3.45. The summed E-state index contributed by atoms with van der Waals surface area (Å²) in [5.74, 6) is 1.29. The summed E-state index contributed by atoms with van der Waals surface area (Å²) in [6, 6.07) is 10.5. The quantitative estimate of drug-likeness (QED) is 0.911. The Hall–Kier alpha value is -2.18. The molecule has 0 aliphatic carbocycles. The van der Waals surface area contributed by atoms with Crippen LogP contribution in [0.3, 0.4) is 0 Å². The summed E-state index contributed by atoms with van der Waals surface area (Å²) in [5, 5.41) is 3.36. The van der Waals surface area contributed by atoms with Crippen LogP contribution in [0.4, 0.5) is 11.8 Å². The highest BCUT2D eigenvalue weighted by molar-refractivity contribution is 5.45. The van der Waals surface area contributed by atoms with Crippen molar-refractivity contribution < 1.29 is 9.47 Å². The number of benzene rings is 1. The zero-order chi connectivity index (χ0) is 18.0. The molecule has 1 spiro atoms. The molecular formula is C20H26N4O2. The highest BCUT2D eigenvalue weighted by Crippen LogP contribution is 2.33. The number of aromatic nitrogens is 2. The Labute approximate surface area is 154 Å². The SMILES string of the molecule is Cc1cccc(CNc2nc(C)cc(N3CCC4(CC3)OCCO4)n2)c1. The number of nitrogens with one attached hydrogen (secondary N) is 1. The smallest absolute Gasteiger partial charge is 0.225 e. The lowest BCUT2D eigenvalue weighted by atomic mass is 10.0. The summed E-state index contributed by atoms with van der Waals surface area (Å²) < 4.78 is 11.6. The zero-order valence-electron chi connectivity index (χ0n) is 15.5. The average molecular weight is 354 g/mol. The maximum atomic E-state index is 5.82. The van der Waals surface area contributed by atoms with Crippen molar-refractivity contribution in [1.82, 2.24) is 9.97 Å². The molecule has 1 N–H and O–H groups in total. The Kier molecular flexibility index (Phi) is 4.78. The van der Waals surface area contributed by atoms with Gasteiger partial charge >= 0.3 is 0 Å². The zero-order valence-corrected chi connectivity index (χ0v) is 15.5. The molecule has 3 heterocycles. The number of ether oxygens (including phenoxy) is 2. The summed E-state index contributed by atoms with van der Waals surface area (Å²) in [4.78, 5) is 11.6. The molecule has 0 amide bonds. The molecular weight excluding hydrogens is 328 g/mol. The minimum absolute atomic E-state index is 0.356. The standard InChI is InChI=1S/C20H26N4O2/c1-15-4-3-5-17(12-15)14-21-19-22-16(2)13-18(23-19)24-8-6-20(7-9-24)25-10-11-26-20/h3-5,12-13H,6-11,14H2,1-2H3,(H,21,22,23). The number of piperidine rings is 1. The van der Waals surface area contributed by atoms with Crippen molar-refractivity contribution in [2.75, 3.05) is 36.5 Å². The molecule has 0 atom stereocenters. The molecule has 6 nitrogen and oxygen atoms in total. The van der Waals surface area contributed by atoms with Crippen molar-refractivity contribution in [3.63, 3.8) is 0 Å². The molecule has 2 aliphatic rings. The van der Waals surface area contributed by atoms with Crippen molar-refractivity contribution in [2.24, 2.45) is 0 Å². The molecule has 138 valence electrons. The molecule has 2 saturated heterocycles. The predicted octanol–water partition coefficient (Wildman–Crippen LogP) is 3.05. The van der Waals surface area contributed by atoms with Gasteiger partial charge in [0.25, 0.3) is 0 Å². The van der Waals surface area contributed by atoms with Gasteiger partial charge in [0, 0.05) is 44.2 Å². The van der Waals surface area contributed by atoms with E-state index in [1.807, 2.05) is 13.0 Å². The Morgan fingerprint density at radius 3 is 2.58 bits per heavy atom. The van der Waals surface area contributed by atoms with Crippen LogP contribution in [0.25, 0.3) is 0 Å². The Morgan fingerprint density at radius 2 is 1.85 bits per heavy atom. The van der Waals surface area contributed by atoms with Gasteiger partial charge in [-0.3, -0.25) is 0 Å². The second-order valence-electron chi connectivity index (χ2n) is 7.13. The minimum Gasteiger partial charge on any atom is -0.356 e. The molecule has 2 fully saturated rings. The average Bonchev–Trinajstić information content (AvgIpc) is 3.08. The first-order valence-corrected chi connectivity index (χ1v) is 9.30. The summed E-state index contributed by atoms with van der Waals surface area (Å²) in [6.45, 7) is 8.01. The third-order valence-electron chi connectivity index (χ3n) is 5.04. The van der Waals surface area contributed by atoms with Gasteiger partial charge in [-0.15, -0.1) is 0 Å². The van der Waals surface area contributed by atoms with E-state index in [-0.39, 0.29) is 5.79 Å². The normalized spacial score (nSPS) is 19.1. The fraction of sp³-hybridized carbons (Fsp3) is 0.500. The molecule has 0 unspecified atom stereocenters. The lowest BCUT2D eigenvalue weighted by molar-refractivity contribution is -0.169. The van der Waals surface area contributed by atoms with Gasteiger partial charge in [0.15, 0.2) is 5.79 Å². The lowest BCUT2D eigenvalue weighted by Crippen LogP contribution is -2.45. The van der Waals surface area contributed by atoms with Crippen molar-refractivity contribution in [3.05, 3.63) is 47.2 Å². The van der Waals surface area contributed by atoms with Crippen molar-refractivity contribution >= 4 is 11.8 Å². The van der Waals surface area contributed by atoms with E-state index in [9.17, 15) is 0 Å². The largest absolute Gasteiger partial charge is 0.356 e. The second kappa shape index (κ2) is 7.21. The van der Waals surface area contributed by atoms with Gasteiger partial charge in [-0.25, -0.2) is 4.98 Å². The molecule has 0 saturated carbocycles. The van der Waals surface area contributed by atoms with Crippen molar-refractivity contribution in [2.45, 2.75) is 39.0 Å². The van der Waals surface area contributed by atoms with Gasteiger partial charge < -0.3 is 19.7 Å². The predicted molar refractivity (Wildman–Crippen MR) is 101 cm³/mol. The van der Waals surface area contributed by atoms with Gasteiger partial charge in [-0.1, -0.05) is 29.8 Å². The number of anilines is 2. The minimum atomic E-state index is -0.356. The van der Waals surface area contributed by atoms with E-state index in [2.05, 4.69) is 46.4 Å². The molecule has 2 aliphatic heterocycles. The van der Waals surface area contributed by atoms with Crippen molar-refractivity contribution in [3.8, 4) is 0 Å².